The Balaban J connectivity index is 1.81. The largest absolute Gasteiger partial charge is 0.378 e. The third-order valence-corrected chi connectivity index (χ3v) is 3.53. The van der Waals surface area contributed by atoms with Crippen LogP contribution in [-0.2, 0) is 4.74 Å². The lowest BCUT2D eigenvalue weighted by atomic mass is 10.3. The van der Waals surface area contributed by atoms with Gasteiger partial charge in [-0.1, -0.05) is 11.6 Å². The number of aromatic nitrogens is 2. The monoisotopic (exact) mass is 304 g/mol. The highest BCUT2D eigenvalue weighted by Crippen LogP contribution is 2.20. The van der Waals surface area contributed by atoms with E-state index in [1.807, 2.05) is 37.3 Å². The number of ether oxygens (including phenoxy) is 1. The van der Waals surface area contributed by atoms with Gasteiger partial charge in [-0.05, 0) is 31.2 Å². The SMILES string of the molecule is Cc1cc(N2CCOCC2)nc(Nc2ccc(Cl)cc2)n1. The number of anilines is 3. The highest BCUT2D eigenvalue weighted by Gasteiger charge is 2.14. The molecule has 1 aromatic heterocycles. The second-order valence-electron chi connectivity index (χ2n) is 4.92. The van der Waals surface area contributed by atoms with Crippen LogP contribution in [0.4, 0.5) is 17.5 Å². The maximum Gasteiger partial charge on any atom is 0.229 e. The van der Waals surface area contributed by atoms with Crippen molar-refractivity contribution < 1.29 is 4.74 Å². The van der Waals surface area contributed by atoms with Crippen LogP contribution in [0.25, 0.3) is 0 Å². The molecular formula is C15H17ClN4O. The molecule has 1 N–H and O–H groups in total. The van der Waals surface area contributed by atoms with E-state index in [2.05, 4.69) is 20.2 Å². The van der Waals surface area contributed by atoms with Gasteiger partial charge in [0.15, 0.2) is 0 Å². The first-order valence-corrected chi connectivity index (χ1v) is 7.29. The number of hydrogen-bond donors (Lipinski definition) is 1. The Morgan fingerprint density at radius 2 is 1.86 bits per heavy atom. The second-order valence-corrected chi connectivity index (χ2v) is 5.36. The minimum absolute atomic E-state index is 0.596. The summed E-state index contributed by atoms with van der Waals surface area (Å²) < 4.78 is 5.38. The molecular weight excluding hydrogens is 288 g/mol. The Labute approximate surface area is 128 Å². The lowest BCUT2D eigenvalue weighted by molar-refractivity contribution is 0.122. The number of rotatable bonds is 3. The molecule has 0 aliphatic carbocycles. The van der Waals surface area contributed by atoms with E-state index in [-0.39, 0.29) is 0 Å². The van der Waals surface area contributed by atoms with Crippen molar-refractivity contribution in [2.24, 2.45) is 0 Å². The number of morpholine rings is 1. The van der Waals surface area contributed by atoms with Crippen LogP contribution in [0.5, 0.6) is 0 Å². The minimum Gasteiger partial charge on any atom is -0.378 e. The molecule has 0 amide bonds. The normalized spacial score (nSPS) is 15.0. The van der Waals surface area contributed by atoms with Crippen LogP contribution in [0.2, 0.25) is 5.02 Å². The van der Waals surface area contributed by atoms with Crippen LogP contribution in [0.1, 0.15) is 5.69 Å². The Hall–Kier alpha value is -1.85. The second kappa shape index (κ2) is 6.28. The van der Waals surface area contributed by atoms with E-state index in [4.69, 9.17) is 16.3 Å². The summed E-state index contributed by atoms with van der Waals surface area (Å²) in [6.45, 7) is 5.17. The molecule has 3 rings (SSSR count). The number of nitrogens with one attached hydrogen (secondary N) is 1. The standard InChI is InChI=1S/C15H17ClN4O/c1-11-10-14(20-6-8-21-9-7-20)19-15(17-11)18-13-4-2-12(16)3-5-13/h2-5,10H,6-9H2,1H3,(H,17,18,19). The Bertz CT molecular complexity index is 612. The van der Waals surface area contributed by atoms with Gasteiger partial charge < -0.3 is 15.0 Å². The van der Waals surface area contributed by atoms with E-state index < -0.39 is 0 Å². The summed E-state index contributed by atoms with van der Waals surface area (Å²) in [6.07, 6.45) is 0. The molecule has 0 bridgehead atoms. The van der Waals surface area contributed by atoms with Gasteiger partial charge in [0.25, 0.3) is 0 Å². The Morgan fingerprint density at radius 3 is 2.57 bits per heavy atom. The molecule has 1 saturated heterocycles. The quantitative estimate of drug-likeness (QED) is 0.944. The van der Waals surface area contributed by atoms with Crippen molar-refractivity contribution in [3.05, 3.63) is 41.0 Å². The highest BCUT2D eigenvalue weighted by molar-refractivity contribution is 6.30. The van der Waals surface area contributed by atoms with Gasteiger partial charge in [0.2, 0.25) is 5.95 Å². The van der Waals surface area contributed by atoms with Crippen LogP contribution in [0.3, 0.4) is 0 Å². The van der Waals surface area contributed by atoms with Gasteiger partial charge in [0, 0.05) is 35.6 Å². The first-order chi connectivity index (χ1) is 10.2. The molecule has 1 aliphatic rings. The van der Waals surface area contributed by atoms with E-state index in [1.54, 1.807) is 0 Å². The molecule has 0 atom stereocenters. The van der Waals surface area contributed by atoms with Crippen molar-refractivity contribution in [3.8, 4) is 0 Å². The molecule has 1 fully saturated rings. The van der Waals surface area contributed by atoms with Crippen LogP contribution in [0, 0.1) is 6.92 Å². The Kier molecular flexibility index (Phi) is 4.22. The maximum atomic E-state index is 5.89. The summed E-state index contributed by atoms with van der Waals surface area (Å²) in [7, 11) is 0. The predicted molar refractivity (Wildman–Crippen MR) is 84.5 cm³/mol. The van der Waals surface area contributed by atoms with E-state index >= 15 is 0 Å². The Morgan fingerprint density at radius 1 is 1.14 bits per heavy atom. The van der Waals surface area contributed by atoms with Gasteiger partial charge >= 0.3 is 0 Å². The van der Waals surface area contributed by atoms with Crippen LogP contribution in [-0.4, -0.2) is 36.3 Å². The lowest BCUT2D eigenvalue weighted by Crippen LogP contribution is -2.36. The van der Waals surface area contributed by atoms with E-state index in [9.17, 15) is 0 Å². The van der Waals surface area contributed by atoms with Crippen molar-refractivity contribution in [2.45, 2.75) is 6.92 Å². The van der Waals surface area contributed by atoms with Crippen molar-refractivity contribution in [1.29, 1.82) is 0 Å². The van der Waals surface area contributed by atoms with Gasteiger partial charge in [0.05, 0.1) is 13.2 Å². The molecule has 6 heteroatoms. The van der Waals surface area contributed by atoms with E-state index in [0.29, 0.717) is 11.0 Å². The number of aryl methyl sites for hydroxylation is 1. The topological polar surface area (TPSA) is 50.3 Å². The summed E-state index contributed by atoms with van der Waals surface area (Å²) in [5.74, 6) is 1.53. The molecule has 0 spiro atoms. The molecule has 0 unspecified atom stereocenters. The number of nitrogens with zero attached hydrogens (tertiary/aromatic N) is 3. The lowest BCUT2D eigenvalue weighted by Gasteiger charge is -2.28. The van der Waals surface area contributed by atoms with E-state index in [1.165, 1.54) is 0 Å². The summed E-state index contributed by atoms with van der Waals surface area (Å²) in [6, 6.07) is 9.48. The van der Waals surface area contributed by atoms with Crippen molar-refractivity contribution in [3.63, 3.8) is 0 Å². The molecule has 0 saturated carbocycles. The minimum atomic E-state index is 0.596. The summed E-state index contributed by atoms with van der Waals surface area (Å²) in [4.78, 5) is 11.2. The first kappa shape index (κ1) is 14.1. The molecule has 0 radical (unpaired) electrons. The average Bonchev–Trinajstić information content (AvgIpc) is 2.50. The van der Waals surface area contributed by atoms with Gasteiger partial charge in [-0.25, -0.2) is 4.98 Å². The van der Waals surface area contributed by atoms with Gasteiger partial charge in [-0.15, -0.1) is 0 Å². The van der Waals surface area contributed by atoms with Gasteiger partial charge in [-0.2, -0.15) is 4.98 Å². The molecule has 2 heterocycles. The van der Waals surface area contributed by atoms with Crippen LogP contribution in [0.15, 0.2) is 30.3 Å². The first-order valence-electron chi connectivity index (χ1n) is 6.92. The molecule has 5 nitrogen and oxygen atoms in total. The zero-order chi connectivity index (χ0) is 14.7. The fourth-order valence-corrected chi connectivity index (χ4v) is 2.35. The van der Waals surface area contributed by atoms with Crippen molar-refractivity contribution >= 4 is 29.1 Å². The number of benzene rings is 1. The van der Waals surface area contributed by atoms with E-state index in [0.717, 1.165) is 43.5 Å². The molecule has 110 valence electrons. The fourth-order valence-electron chi connectivity index (χ4n) is 2.22. The molecule has 21 heavy (non-hydrogen) atoms. The summed E-state index contributed by atoms with van der Waals surface area (Å²) >= 11 is 5.89. The zero-order valence-electron chi connectivity index (χ0n) is 11.8. The summed E-state index contributed by atoms with van der Waals surface area (Å²) in [5.41, 5.74) is 1.85. The van der Waals surface area contributed by atoms with Gasteiger partial charge in [-0.3, -0.25) is 0 Å². The van der Waals surface area contributed by atoms with Gasteiger partial charge in [0.1, 0.15) is 5.82 Å². The third-order valence-electron chi connectivity index (χ3n) is 3.28. The van der Waals surface area contributed by atoms with Crippen molar-refractivity contribution in [1.82, 2.24) is 9.97 Å². The van der Waals surface area contributed by atoms with Crippen LogP contribution >= 0.6 is 11.6 Å². The molecule has 2 aromatic rings. The fraction of sp³-hybridized carbons (Fsp3) is 0.333. The predicted octanol–water partition coefficient (Wildman–Crippen LogP) is 3.02. The summed E-state index contributed by atoms with van der Waals surface area (Å²) in [5, 5.41) is 3.92. The smallest absolute Gasteiger partial charge is 0.229 e. The average molecular weight is 305 g/mol. The highest BCUT2D eigenvalue weighted by atomic mass is 35.5. The zero-order valence-corrected chi connectivity index (χ0v) is 12.6. The van der Waals surface area contributed by atoms with Crippen LogP contribution < -0.4 is 10.2 Å². The molecule has 1 aromatic carbocycles. The third kappa shape index (κ3) is 3.62. The van der Waals surface area contributed by atoms with Crippen molar-refractivity contribution in [2.75, 3.05) is 36.5 Å². The number of hydrogen-bond acceptors (Lipinski definition) is 5. The maximum absolute atomic E-state index is 5.89. The number of halogens is 1. The molecule has 1 aliphatic heterocycles.